The number of hydrogen-bond acceptors (Lipinski definition) is 3. The molecule has 17 heavy (non-hydrogen) atoms. The zero-order chi connectivity index (χ0) is 11.8. The van der Waals surface area contributed by atoms with Crippen molar-refractivity contribution in [2.24, 2.45) is 0 Å². The molecule has 2 nitrogen and oxygen atoms in total. The van der Waals surface area contributed by atoms with Crippen LogP contribution in [0.3, 0.4) is 0 Å². The Labute approximate surface area is 108 Å². The van der Waals surface area contributed by atoms with E-state index in [1.807, 2.05) is 42.5 Å². The molecule has 0 aliphatic heterocycles. The van der Waals surface area contributed by atoms with Gasteiger partial charge in [0.25, 0.3) is 0 Å². The van der Waals surface area contributed by atoms with Crippen molar-refractivity contribution in [1.29, 1.82) is 0 Å². The average Bonchev–Trinajstić information content (AvgIpc) is 2.72. The van der Waals surface area contributed by atoms with Crippen molar-refractivity contribution in [2.45, 2.75) is 0 Å². The number of rotatable bonds is 1. The molecule has 0 amide bonds. The molecule has 0 bridgehead atoms. The Hall–Kier alpha value is -1.58. The highest BCUT2D eigenvalue weighted by Crippen LogP contribution is 2.32. The van der Waals surface area contributed by atoms with Crippen molar-refractivity contribution in [3.05, 3.63) is 47.5 Å². The van der Waals surface area contributed by atoms with E-state index in [0.717, 1.165) is 31.5 Å². The molecular weight excluding hydrogens is 252 g/mol. The summed E-state index contributed by atoms with van der Waals surface area (Å²) >= 11 is 7.58. The summed E-state index contributed by atoms with van der Waals surface area (Å²) in [5, 5.41) is 1.70. The number of fused-ring (bicyclic) bond motifs is 1. The lowest BCUT2D eigenvalue weighted by molar-refractivity contribution is 1.48. The molecule has 0 aliphatic carbocycles. The topological polar surface area (TPSA) is 38.9 Å². The molecule has 0 aliphatic rings. The molecule has 0 fully saturated rings. The molecule has 0 unspecified atom stereocenters. The van der Waals surface area contributed by atoms with Crippen LogP contribution in [0.1, 0.15) is 0 Å². The van der Waals surface area contributed by atoms with Gasteiger partial charge in [-0.25, -0.2) is 4.98 Å². The maximum atomic E-state index is 5.96. The molecule has 3 aromatic rings. The number of nitrogens with two attached hydrogens (primary N) is 1. The van der Waals surface area contributed by atoms with E-state index in [1.54, 1.807) is 11.3 Å². The first-order valence-electron chi connectivity index (χ1n) is 5.14. The van der Waals surface area contributed by atoms with Gasteiger partial charge in [0.15, 0.2) is 0 Å². The predicted molar refractivity (Wildman–Crippen MR) is 74.5 cm³/mol. The summed E-state index contributed by atoms with van der Waals surface area (Å²) in [6.45, 7) is 0. The third-order valence-electron chi connectivity index (χ3n) is 2.48. The fraction of sp³-hybridized carbons (Fsp3) is 0. The SMILES string of the molecule is Nc1cccc(-c2nc3ccc(Cl)cc3s2)c1. The summed E-state index contributed by atoms with van der Waals surface area (Å²) in [6.07, 6.45) is 0. The first-order chi connectivity index (χ1) is 8.22. The highest BCUT2D eigenvalue weighted by atomic mass is 35.5. The Morgan fingerprint density at radius 3 is 2.82 bits per heavy atom. The van der Waals surface area contributed by atoms with Gasteiger partial charge >= 0.3 is 0 Å². The molecule has 84 valence electrons. The van der Waals surface area contributed by atoms with Crippen LogP contribution in [0.25, 0.3) is 20.8 Å². The van der Waals surface area contributed by atoms with Crippen LogP contribution in [-0.4, -0.2) is 4.98 Å². The van der Waals surface area contributed by atoms with Crippen LogP contribution in [0.5, 0.6) is 0 Å². The third-order valence-corrected chi connectivity index (χ3v) is 3.79. The van der Waals surface area contributed by atoms with Crippen LogP contribution >= 0.6 is 22.9 Å². The number of nitrogens with zero attached hydrogens (tertiary/aromatic N) is 1. The molecule has 0 saturated heterocycles. The van der Waals surface area contributed by atoms with Gasteiger partial charge in [0.2, 0.25) is 0 Å². The van der Waals surface area contributed by atoms with E-state index in [4.69, 9.17) is 17.3 Å². The normalized spacial score (nSPS) is 10.9. The fourth-order valence-corrected chi connectivity index (χ4v) is 2.93. The summed E-state index contributed by atoms with van der Waals surface area (Å²) in [6, 6.07) is 13.5. The quantitative estimate of drug-likeness (QED) is 0.666. The van der Waals surface area contributed by atoms with E-state index in [2.05, 4.69) is 4.98 Å². The van der Waals surface area contributed by atoms with Crippen LogP contribution in [-0.2, 0) is 0 Å². The number of benzene rings is 2. The maximum Gasteiger partial charge on any atom is 0.124 e. The predicted octanol–water partition coefficient (Wildman–Crippen LogP) is 4.20. The Balaban J connectivity index is 2.18. The van der Waals surface area contributed by atoms with Gasteiger partial charge in [-0.3, -0.25) is 0 Å². The molecule has 1 heterocycles. The number of thiazole rings is 1. The Bertz CT molecular complexity index is 691. The zero-order valence-electron chi connectivity index (χ0n) is 8.85. The molecule has 0 radical (unpaired) electrons. The van der Waals surface area contributed by atoms with Crippen LogP contribution in [0.2, 0.25) is 5.02 Å². The molecule has 2 aromatic carbocycles. The van der Waals surface area contributed by atoms with Gasteiger partial charge in [0, 0.05) is 16.3 Å². The second-order valence-corrected chi connectivity index (χ2v) is 5.22. The van der Waals surface area contributed by atoms with Crippen LogP contribution in [0.4, 0.5) is 5.69 Å². The van der Waals surface area contributed by atoms with Crippen molar-refractivity contribution >= 4 is 38.8 Å². The highest BCUT2D eigenvalue weighted by molar-refractivity contribution is 7.21. The molecule has 0 saturated carbocycles. The molecule has 0 spiro atoms. The van der Waals surface area contributed by atoms with Crippen molar-refractivity contribution in [2.75, 3.05) is 5.73 Å². The lowest BCUT2D eigenvalue weighted by Gasteiger charge is -1.96. The van der Waals surface area contributed by atoms with Gasteiger partial charge in [-0.15, -0.1) is 11.3 Å². The molecule has 4 heteroatoms. The highest BCUT2D eigenvalue weighted by Gasteiger charge is 2.06. The van der Waals surface area contributed by atoms with Gasteiger partial charge in [-0.2, -0.15) is 0 Å². The van der Waals surface area contributed by atoms with Crippen molar-refractivity contribution in [3.63, 3.8) is 0 Å². The summed E-state index contributed by atoms with van der Waals surface area (Å²) in [5.41, 5.74) is 8.53. The van der Waals surface area contributed by atoms with E-state index in [1.165, 1.54) is 0 Å². The summed E-state index contributed by atoms with van der Waals surface area (Å²) in [5.74, 6) is 0. The average molecular weight is 261 g/mol. The van der Waals surface area contributed by atoms with Gasteiger partial charge in [0.1, 0.15) is 5.01 Å². The summed E-state index contributed by atoms with van der Waals surface area (Å²) in [4.78, 5) is 4.57. The number of aromatic nitrogens is 1. The number of anilines is 1. The monoisotopic (exact) mass is 260 g/mol. The lowest BCUT2D eigenvalue weighted by atomic mass is 10.2. The second kappa shape index (κ2) is 4.02. The Morgan fingerprint density at radius 1 is 1.12 bits per heavy atom. The first kappa shape index (κ1) is 10.6. The minimum absolute atomic E-state index is 0.736. The summed E-state index contributed by atoms with van der Waals surface area (Å²) < 4.78 is 1.09. The van der Waals surface area contributed by atoms with E-state index in [0.29, 0.717) is 0 Å². The third kappa shape index (κ3) is 1.99. The second-order valence-electron chi connectivity index (χ2n) is 3.76. The van der Waals surface area contributed by atoms with Crippen LogP contribution in [0, 0.1) is 0 Å². The van der Waals surface area contributed by atoms with Gasteiger partial charge in [0.05, 0.1) is 10.2 Å². The largest absolute Gasteiger partial charge is 0.399 e. The number of halogens is 1. The van der Waals surface area contributed by atoms with Crippen molar-refractivity contribution < 1.29 is 0 Å². The molecule has 3 rings (SSSR count). The molecular formula is C13H9ClN2S. The minimum atomic E-state index is 0.736. The van der Waals surface area contributed by atoms with E-state index in [9.17, 15) is 0 Å². The Morgan fingerprint density at radius 2 is 2.00 bits per heavy atom. The van der Waals surface area contributed by atoms with E-state index in [-0.39, 0.29) is 0 Å². The van der Waals surface area contributed by atoms with E-state index >= 15 is 0 Å². The standard InChI is InChI=1S/C13H9ClN2S/c14-9-4-5-11-12(7-9)17-13(16-11)8-2-1-3-10(15)6-8/h1-7H,15H2. The van der Waals surface area contributed by atoms with E-state index < -0.39 is 0 Å². The molecule has 2 N–H and O–H groups in total. The smallest absolute Gasteiger partial charge is 0.124 e. The molecule has 0 atom stereocenters. The van der Waals surface area contributed by atoms with Gasteiger partial charge in [-0.1, -0.05) is 23.7 Å². The first-order valence-corrected chi connectivity index (χ1v) is 6.34. The maximum absolute atomic E-state index is 5.96. The lowest BCUT2D eigenvalue weighted by Crippen LogP contribution is -1.84. The van der Waals surface area contributed by atoms with Crippen molar-refractivity contribution in [1.82, 2.24) is 4.98 Å². The van der Waals surface area contributed by atoms with Gasteiger partial charge in [-0.05, 0) is 30.3 Å². The summed E-state index contributed by atoms with van der Waals surface area (Å²) in [7, 11) is 0. The fourth-order valence-electron chi connectivity index (χ4n) is 1.69. The van der Waals surface area contributed by atoms with Crippen molar-refractivity contribution in [3.8, 4) is 10.6 Å². The van der Waals surface area contributed by atoms with Crippen LogP contribution in [0.15, 0.2) is 42.5 Å². The zero-order valence-corrected chi connectivity index (χ0v) is 10.4. The van der Waals surface area contributed by atoms with Crippen LogP contribution < -0.4 is 5.73 Å². The minimum Gasteiger partial charge on any atom is -0.399 e. The number of nitrogen functional groups attached to an aromatic ring is 1. The van der Waals surface area contributed by atoms with Gasteiger partial charge < -0.3 is 5.73 Å². The Kier molecular flexibility index (Phi) is 2.50. The number of hydrogen-bond donors (Lipinski definition) is 1. The molecule has 1 aromatic heterocycles.